The molecule has 33 heavy (non-hydrogen) atoms. The van der Waals surface area contributed by atoms with E-state index in [9.17, 15) is 4.79 Å². The predicted molar refractivity (Wildman–Crippen MR) is 125 cm³/mol. The first kappa shape index (κ1) is 20.9. The summed E-state index contributed by atoms with van der Waals surface area (Å²) >= 11 is 0. The maximum Gasteiger partial charge on any atom is 0.272 e. The molecule has 0 bridgehead atoms. The molecule has 4 aromatic rings. The first-order chi connectivity index (χ1) is 16.2. The molecule has 0 unspecified atom stereocenters. The van der Waals surface area contributed by atoms with Crippen molar-refractivity contribution in [1.82, 2.24) is 30.0 Å². The van der Waals surface area contributed by atoms with Gasteiger partial charge in [-0.25, -0.2) is 9.97 Å². The number of H-pyrrole nitrogens is 1. The molecule has 0 aliphatic carbocycles. The van der Waals surface area contributed by atoms with E-state index in [1.165, 1.54) is 0 Å². The second-order valence-corrected chi connectivity index (χ2v) is 8.08. The fourth-order valence-electron chi connectivity index (χ4n) is 4.20. The SMILES string of the molecule is COc1ccc(-c2n[nH]c(CNC(=O)c3nc(-c4ccccc4)n4c3CCCCC4)n2)cc1. The predicted octanol–water partition coefficient (Wildman–Crippen LogP) is 4.00. The molecule has 1 amide bonds. The summed E-state index contributed by atoms with van der Waals surface area (Å²) in [5, 5.41) is 10.1. The summed E-state index contributed by atoms with van der Waals surface area (Å²) in [4.78, 5) is 22.4. The molecule has 1 aliphatic rings. The van der Waals surface area contributed by atoms with Crippen molar-refractivity contribution in [3.8, 4) is 28.5 Å². The van der Waals surface area contributed by atoms with Gasteiger partial charge in [0.2, 0.25) is 0 Å². The molecule has 5 rings (SSSR count). The lowest BCUT2D eigenvalue weighted by Gasteiger charge is -2.08. The van der Waals surface area contributed by atoms with Crippen molar-refractivity contribution >= 4 is 5.91 Å². The molecule has 2 N–H and O–H groups in total. The molecule has 0 saturated carbocycles. The number of methoxy groups -OCH3 is 1. The summed E-state index contributed by atoms with van der Waals surface area (Å²) in [5.74, 6) is 2.60. The number of nitrogens with zero attached hydrogens (tertiary/aromatic N) is 4. The van der Waals surface area contributed by atoms with Crippen LogP contribution in [0.5, 0.6) is 5.75 Å². The largest absolute Gasteiger partial charge is 0.497 e. The fraction of sp³-hybridized carbons (Fsp3) is 0.280. The molecule has 2 aromatic heterocycles. The Balaban J connectivity index is 1.34. The quantitative estimate of drug-likeness (QED) is 0.470. The lowest BCUT2D eigenvalue weighted by molar-refractivity contribution is 0.0944. The van der Waals surface area contributed by atoms with Gasteiger partial charge in [0.25, 0.3) is 5.91 Å². The van der Waals surface area contributed by atoms with Gasteiger partial charge in [0.1, 0.15) is 23.1 Å². The highest BCUT2D eigenvalue weighted by Gasteiger charge is 2.24. The zero-order chi connectivity index (χ0) is 22.6. The molecule has 8 nitrogen and oxygen atoms in total. The van der Waals surface area contributed by atoms with E-state index in [0.717, 1.165) is 60.6 Å². The first-order valence-corrected chi connectivity index (χ1v) is 11.2. The average molecular weight is 443 g/mol. The topological polar surface area (TPSA) is 97.7 Å². The maximum absolute atomic E-state index is 13.1. The van der Waals surface area contributed by atoms with Gasteiger partial charge in [-0.3, -0.25) is 9.89 Å². The molecule has 0 saturated heterocycles. The molecular weight excluding hydrogens is 416 g/mol. The van der Waals surface area contributed by atoms with Crippen molar-refractivity contribution in [2.45, 2.75) is 38.8 Å². The van der Waals surface area contributed by atoms with Gasteiger partial charge in [0.15, 0.2) is 5.82 Å². The van der Waals surface area contributed by atoms with E-state index in [-0.39, 0.29) is 12.5 Å². The Morgan fingerprint density at radius 2 is 1.85 bits per heavy atom. The number of nitrogens with one attached hydrogen (secondary N) is 2. The van der Waals surface area contributed by atoms with Gasteiger partial charge in [-0.2, -0.15) is 5.10 Å². The van der Waals surface area contributed by atoms with E-state index in [4.69, 9.17) is 9.72 Å². The number of carbonyl (C=O) groups excluding carboxylic acids is 1. The number of benzene rings is 2. The number of hydrogen-bond donors (Lipinski definition) is 2. The lowest BCUT2D eigenvalue weighted by Crippen LogP contribution is -2.25. The second kappa shape index (κ2) is 9.28. The summed E-state index contributed by atoms with van der Waals surface area (Å²) in [6, 6.07) is 17.6. The third-order valence-electron chi connectivity index (χ3n) is 5.91. The lowest BCUT2D eigenvalue weighted by atomic mass is 10.1. The highest BCUT2D eigenvalue weighted by molar-refractivity contribution is 5.94. The van der Waals surface area contributed by atoms with E-state index in [1.54, 1.807) is 7.11 Å². The van der Waals surface area contributed by atoms with Gasteiger partial charge in [0, 0.05) is 17.7 Å². The van der Waals surface area contributed by atoms with Crippen LogP contribution in [0.4, 0.5) is 0 Å². The average Bonchev–Trinajstić information content (AvgIpc) is 3.41. The highest BCUT2D eigenvalue weighted by atomic mass is 16.5. The number of aromatic amines is 1. The maximum atomic E-state index is 13.1. The minimum atomic E-state index is -0.190. The number of aromatic nitrogens is 5. The third kappa shape index (κ3) is 4.37. The van der Waals surface area contributed by atoms with Crippen molar-refractivity contribution in [2.24, 2.45) is 0 Å². The van der Waals surface area contributed by atoms with Crippen molar-refractivity contribution in [2.75, 3.05) is 7.11 Å². The Labute approximate surface area is 192 Å². The van der Waals surface area contributed by atoms with E-state index in [2.05, 4.69) is 25.1 Å². The van der Waals surface area contributed by atoms with Gasteiger partial charge in [0.05, 0.1) is 19.3 Å². The van der Waals surface area contributed by atoms with Crippen LogP contribution < -0.4 is 10.1 Å². The van der Waals surface area contributed by atoms with E-state index < -0.39 is 0 Å². The van der Waals surface area contributed by atoms with Crippen LogP contribution in [0.25, 0.3) is 22.8 Å². The summed E-state index contributed by atoms with van der Waals surface area (Å²) < 4.78 is 7.41. The summed E-state index contributed by atoms with van der Waals surface area (Å²) in [6.07, 6.45) is 4.17. The van der Waals surface area contributed by atoms with Crippen LogP contribution in [0.3, 0.4) is 0 Å². The monoisotopic (exact) mass is 442 g/mol. The Hall–Kier alpha value is -3.94. The number of ether oxygens (including phenoxy) is 1. The Bertz CT molecular complexity index is 1240. The molecule has 0 radical (unpaired) electrons. The number of rotatable bonds is 6. The van der Waals surface area contributed by atoms with E-state index >= 15 is 0 Å². The van der Waals surface area contributed by atoms with Crippen LogP contribution in [-0.2, 0) is 19.5 Å². The summed E-state index contributed by atoms with van der Waals surface area (Å²) in [7, 11) is 1.63. The minimum absolute atomic E-state index is 0.190. The van der Waals surface area contributed by atoms with Gasteiger partial charge in [-0.15, -0.1) is 0 Å². The first-order valence-electron chi connectivity index (χ1n) is 11.2. The summed E-state index contributed by atoms with van der Waals surface area (Å²) in [5.41, 5.74) is 3.42. The Morgan fingerprint density at radius 3 is 2.64 bits per heavy atom. The van der Waals surface area contributed by atoms with Crippen molar-refractivity contribution < 1.29 is 9.53 Å². The summed E-state index contributed by atoms with van der Waals surface area (Å²) in [6.45, 7) is 1.13. The Morgan fingerprint density at radius 1 is 1.03 bits per heavy atom. The number of fused-ring (bicyclic) bond motifs is 1. The third-order valence-corrected chi connectivity index (χ3v) is 5.91. The number of imidazole rings is 1. The standard InChI is InChI=1S/C25H26N6O2/c1-33-19-13-11-17(12-14-19)23-27-21(29-30-23)16-26-25(32)22-20-10-6-3-7-15-31(20)24(28-22)18-8-4-2-5-9-18/h2,4-5,8-9,11-14H,3,6-7,10,15-16H2,1H3,(H,26,32)(H,27,29,30). The minimum Gasteiger partial charge on any atom is -0.497 e. The van der Waals surface area contributed by atoms with E-state index in [1.807, 2.05) is 54.6 Å². The molecule has 0 atom stereocenters. The highest BCUT2D eigenvalue weighted by Crippen LogP contribution is 2.27. The van der Waals surface area contributed by atoms with Gasteiger partial charge >= 0.3 is 0 Å². The number of carbonyl (C=O) groups is 1. The van der Waals surface area contributed by atoms with Crippen molar-refractivity contribution in [1.29, 1.82) is 0 Å². The van der Waals surface area contributed by atoms with E-state index in [0.29, 0.717) is 17.3 Å². The fourth-order valence-corrected chi connectivity index (χ4v) is 4.20. The molecule has 168 valence electrons. The van der Waals surface area contributed by atoms with Crippen LogP contribution in [0, 0.1) is 0 Å². The van der Waals surface area contributed by atoms with Crippen LogP contribution in [0.15, 0.2) is 54.6 Å². The normalized spacial score (nSPS) is 13.2. The van der Waals surface area contributed by atoms with Gasteiger partial charge < -0.3 is 14.6 Å². The van der Waals surface area contributed by atoms with Crippen molar-refractivity contribution in [3.05, 3.63) is 71.8 Å². The van der Waals surface area contributed by atoms with Crippen LogP contribution >= 0.6 is 0 Å². The molecule has 2 aromatic carbocycles. The van der Waals surface area contributed by atoms with Gasteiger partial charge in [-0.1, -0.05) is 36.8 Å². The molecule has 0 fully saturated rings. The number of hydrogen-bond acceptors (Lipinski definition) is 5. The van der Waals surface area contributed by atoms with Crippen molar-refractivity contribution in [3.63, 3.8) is 0 Å². The van der Waals surface area contributed by atoms with Crippen LogP contribution in [-0.4, -0.2) is 37.7 Å². The molecule has 8 heteroatoms. The van der Waals surface area contributed by atoms with Gasteiger partial charge in [-0.05, 0) is 43.5 Å². The molecule has 1 aliphatic heterocycles. The zero-order valence-electron chi connectivity index (χ0n) is 18.5. The zero-order valence-corrected chi connectivity index (χ0v) is 18.5. The number of amides is 1. The smallest absolute Gasteiger partial charge is 0.272 e. The van der Waals surface area contributed by atoms with Crippen LogP contribution in [0.1, 0.15) is 41.3 Å². The van der Waals surface area contributed by atoms with Crippen LogP contribution in [0.2, 0.25) is 0 Å². The molecular formula is C25H26N6O2. The molecule has 3 heterocycles. The Kier molecular flexibility index (Phi) is 5.89. The molecule has 0 spiro atoms. The second-order valence-electron chi connectivity index (χ2n) is 8.08.